The van der Waals surface area contributed by atoms with E-state index in [-0.39, 0.29) is 29.3 Å². The molecule has 2 aromatic rings. The largest absolute Gasteiger partial charge is 0.476 e. The van der Waals surface area contributed by atoms with E-state index in [1.54, 1.807) is 42.5 Å². The topological polar surface area (TPSA) is 75.7 Å². The van der Waals surface area contributed by atoms with Gasteiger partial charge in [0, 0.05) is 6.04 Å². The second kappa shape index (κ2) is 7.83. The van der Waals surface area contributed by atoms with E-state index >= 15 is 0 Å². The molecule has 0 saturated carbocycles. The van der Waals surface area contributed by atoms with Crippen LogP contribution in [0.15, 0.2) is 53.4 Å². The molecule has 0 aromatic heterocycles. The SMILES string of the molecule is Cc1ccc2c(c1)O[C@H](C(=O)N[C@@H](C)C(C)C)CN2S(=O)(=O)c1ccccc1. The number of aryl methyl sites for hydroxylation is 1. The predicted octanol–water partition coefficient (Wildman–Crippen LogP) is 3.11. The molecule has 1 aliphatic rings. The number of carbonyl (C=O) groups is 1. The number of hydrogen-bond donors (Lipinski definition) is 1. The Kier molecular flexibility index (Phi) is 5.65. The van der Waals surface area contributed by atoms with Crippen molar-refractivity contribution in [3.8, 4) is 5.75 Å². The minimum absolute atomic E-state index is 0.0470. The van der Waals surface area contributed by atoms with Gasteiger partial charge in [0.25, 0.3) is 15.9 Å². The van der Waals surface area contributed by atoms with Crippen molar-refractivity contribution in [1.29, 1.82) is 0 Å². The Morgan fingerprint density at radius 2 is 1.82 bits per heavy atom. The molecule has 1 heterocycles. The molecule has 0 aliphatic carbocycles. The van der Waals surface area contributed by atoms with Gasteiger partial charge in [0.05, 0.1) is 17.1 Å². The van der Waals surface area contributed by atoms with Crippen LogP contribution in [0, 0.1) is 12.8 Å². The average molecular weight is 403 g/mol. The van der Waals surface area contributed by atoms with Crippen LogP contribution in [0.25, 0.3) is 0 Å². The minimum Gasteiger partial charge on any atom is -0.476 e. The molecule has 7 heteroatoms. The minimum atomic E-state index is -3.83. The van der Waals surface area contributed by atoms with E-state index in [0.29, 0.717) is 11.4 Å². The van der Waals surface area contributed by atoms with Gasteiger partial charge >= 0.3 is 0 Å². The maximum atomic E-state index is 13.3. The summed E-state index contributed by atoms with van der Waals surface area (Å²) >= 11 is 0. The fourth-order valence-electron chi connectivity index (χ4n) is 2.93. The van der Waals surface area contributed by atoms with Gasteiger partial charge in [-0.1, -0.05) is 38.1 Å². The zero-order valence-corrected chi connectivity index (χ0v) is 17.4. The maximum Gasteiger partial charge on any atom is 0.264 e. The van der Waals surface area contributed by atoms with Gasteiger partial charge in [-0.3, -0.25) is 9.10 Å². The number of rotatable bonds is 5. The van der Waals surface area contributed by atoms with Crippen LogP contribution in [0.2, 0.25) is 0 Å². The highest BCUT2D eigenvalue weighted by atomic mass is 32.2. The predicted molar refractivity (Wildman–Crippen MR) is 109 cm³/mol. The van der Waals surface area contributed by atoms with Gasteiger partial charge in [0.2, 0.25) is 0 Å². The number of fused-ring (bicyclic) bond motifs is 1. The smallest absolute Gasteiger partial charge is 0.264 e. The number of nitrogens with zero attached hydrogens (tertiary/aromatic N) is 1. The summed E-state index contributed by atoms with van der Waals surface area (Å²) in [6, 6.07) is 13.5. The van der Waals surface area contributed by atoms with Gasteiger partial charge in [-0.05, 0) is 49.6 Å². The van der Waals surface area contributed by atoms with Crippen molar-refractivity contribution in [3.05, 3.63) is 54.1 Å². The van der Waals surface area contributed by atoms with Crippen LogP contribution in [0.3, 0.4) is 0 Å². The third kappa shape index (κ3) is 3.99. The van der Waals surface area contributed by atoms with Crippen molar-refractivity contribution in [1.82, 2.24) is 5.32 Å². The molecule has 2 atom stereocenters. The van der Waals surface area contributed by atoms with E-state index in [1.807, 2.05) is 33.8 Å². The first-order valence-corrected chi connectivity index (χ1v) is 10.8. The molecule has 1 amide bonds. The van der Waals surface area contributed by atoms with Crippen LogP contribution in [0.1, 0.15) is 26.3 Å². The summed E-state index contributed by atoms with van der Waals surface area (Å²) in [5, 5.41) is 2.92. The summed E-state index contributed by atoms with van der Waals surface area (Å²) in [4.78, 5) is 12.9. The number of sulfonamides is 1. The number of carbonyl (C=O) groups excluding carboxylic acids is 1. The summed E-state index contributed by atoms with van der Waals surface area (Å²) in [6.45, 7) is 7.76. The molecule has 3 rings (SSSR count). The van der Waals surface area contributed by atoms with Gasteiger partial charge in [-0.15, -0.1) is 0 Å². The Hall–Kier alpha value is -2.54. The quantitative estimate of drug-likeness (QED) is 0.834. The van der Waals surface area contributed by atoms with Crippen LogP contribution in [0.5, 0.6) is 5.75 Å². The first-order chi connectivity index (χ1) is 13.2. The van der Waals surface area contributed by atoms with E-state index < -0.39 is 16.1 Å². The molecule has 1 aliphatic heterocycles. The van der Waals surface area contributed by atoms with Gasteiger partial charge < -0.3 is 10.1 Å². The molecule has 28 heavy (non-hydrogen) atoms. The van der Waals surface area contributed by atoms with Crippen molar-refractivity contribution in [2.75, 3.05) is 10.8 Å². The van der Waals surface area contributed by atoms with Crippen LogP contribution >= 0.6 is 0 Å². The highest BCUT2D eigenvalue weighted by molar-refractivity contribution is 7.92. The Balaban J connectivity index is 1.99. The molecule has 1 N–H and O–H groups in total. The number of ether oxygens (including phenoxy) is 1. The van der Waals surface area contributed by atoms with Crippen molar-refractivity contribution in [3.63, 3.8) is 0 Å². The lowest BCUT2D eigenvalue weighted by Crippen LogP contribution is -2.52. The van der Waals surface area contributed by atoms with Crippen molar-refractivity contribution in [2.45, 2.75) is 44.7 Å². The fourth-order valence-corrected chi connectivity index (χ4v) is 4.43. The lowest BCUT2D eigenvalue weighted by Gasteiger charge is -2.35. The van der Waals surface area contributed by atoms with Crippen LogP contribution < -0.4 is 14.4 Å². The number of amides is 1. The van der Waals surface area contributed by atoms with Gasteiger partial charge in [-0.2, -0.15) is 0 Å². The first kappa shape index (κ1) is 20.2. The molecule has 0 unspecified atom stereocenters. The summed E-state index contributed by atoms with van der Waals surface area (Å²) in [5.74, 6) is 0.330. The van der Waals surface area contributed by atoms with E-state index in [9.17, 15) is 13.2 Å². The third-order valence-corrected chi connectivity index (χ3v) is 6.77. The van der Waals surface area contributed by atoms with Gasteiger partial charge in [0.15, 0.2) is 6.10 Å². The molecule has 0 fully saturated rings. The normalized spacial score (nSPS) is 17.6. The molecule has 2 aromatic carbocycles. The molecule has 6 nitrogen and oxygen atoms in total. The second-order valence-corrected chi connectivity index (χ2v) is 9.33. The van der Waals surface area contributed by atoms with Gasteiger partial charge in [-0.25, -0.2) is 8.42 Å². The monoisotopic (exact) mass is 402 g/mol. The fraction of sp³-hybridized carbons (Fsp3) is 0.381. The number of benzene rings is 2. The second-order valence-electron chi connectivity index (χ2n) is 7.47. The summed E-state index contributed by atoms with van der Waals surface area (Å²) in [7, 11) is -3.83. The van der Waals surface area contributed by atoms with E-state index in [1.165, 1.54) is 4.31 Å². The molecular weight excluding hydrogens is 376 g/mol. The molecule has 0 bridgehead atoms. The molecular formula is C21H26N2O4S. The number of anilines is 1. The Morgan fingerprint density at radius 3 is 2.46 bits per heavy atom. The third-order valence-electron chi connectivity index (χ3n) is 4.98. The van der Waals surface area contributed by atoms with Crippen LogP contribution in [-0.2, 0) is 14.8 Å². The standard InChI is InChI=1S/C21H26N2O4S/c1-14(2)16(4)22-21(24)20-13-23(18-11-10-15(3)12-19(18)27-20)28(25,26)17-8-6-5-7-9-17/h5-12,14,16,20H,13H2,1-4H3,(H,22,24)/t16-,20-/m0/s1. The Morgan fingerprint density at radius 1 is 1.14 bits per heavy atom. The van der Waals surface area contributed by atoms with Crippen molar-refractivity contribution < 1.29 is 17.9 Å². The zero-order valence-electron chi connectivity index (χ0n) is 16.5. The average Bonchev–Trinajstić information content (AvgIpc) is 2.67. The van der Waals surface area contributed by atoms with Crippen molar-refractivity contribution >= 4 is 21.6 Å². The van der Waals surface area contributed by atoms with E-state index in [2.05, 4.69) is 5.32 Å². The highest BCUT2D eigenvalue weighted by Crippen LogP contribution is 2.37. The maximum absolute atomic E-state index is 13.3. The summed E-state index contributed by atoms with van der Waals surface area (Å²) < 4.78 is 33.7. The van der Waals surface area contributed by atoms with Crippen LogP contribution in [-0.4, -0.2) is 33.0 Å². The molecule has 0 radical (unpaired) electrons. The lowest BCUT2D eigenvalue weighted by atomic mass is 10.1. The van der Waals surface area contributed by atoms with E-state index in [0.717, 1.165) is 5.56 Å². The zero-order chi connectivity index (χ0) is 20.5. The lowest BCUT2D eigenvalue weighted by molar-refractivity contribution is -0.128. The molecule has 0 spiro atoms. The Bertz CT molecular complexity index is 958. The summed E-state index contributed by atoms with van der Waals surface area (Å²) in [5.41, 5.74) is 1.36. The van der Waals surface area contributed by atoms with Crippen LogP contribution in [0.4, 0.5) is 5.69 Å². The van der Waals surface area contributed by atoms with E-state index in [4.69, 9.17) is 4.74 Å². The molecule has 0 saturated heterocycles. The molecule has 150 valence electrons. The summed E-state index contributed by atoms with van der Waals surface area (Å²) in [6.07, 6.45) is -0.922. The first-order valence-electron chi connectivity index (χ1n) is 9.35. The number of hydrogen-bond acceptors (Lipinski definition) is 4. The highest BCUT2D eigenvalue weighted by Gasteiger charge is 2.37. The Labute approximate surface area is 166 Å². The van der Waals surface area contributed by atoms with Crippen molar-refractivity contribution in [2.24, 2.45) is 5.92 Å². The van der Waals surface area contributed by atoms with Gasteiger partial charge in [0.1, 0.15) is 5.75 Å². The number of nitrogens with one attached hydrogen (secondary N) is 1.